The summed E-state index contributed by atoms with van der Waals surface area (Å²) in [6.45, 7) is 19.1. The van der Waals surface area contributed by atoms with Gasteiger partial charge < -0.3 is 9.33 Å². The van der Waals surface area contributed by atoms with E-state index in [2.05, 4.69) is 63.0 Å². The first-order chi connectivity index (χ1) is 20.9. The second kappa shape index (κ2) is 10.5. The second-order valence-electron chi connectivity index (χ2n) is 16.6. The number of anilines is 1. The third-order valence-corrected chi connectivity index (χ3v) is 20.1. The summed E-state index contributed by atoms with van der Waals surface area (Å²) in [6.07, 6.45) is 6.99. The first-order valence-electron chi connectivity index (χ1n) is 16.6. The van der Waals surface area contributed by atoms with E-state index >= 15 is 0 Å². The van der Waals surface area contributed by atoms with Gasteiger partial charge in [-0.05, 0) is 113 Å². The molecular weight excluding hydrogens is 638 g/mol. The van der Waals surface area contributed by atoms with Gasteiger partial charge in [0.05, 0.1) is 21.6 Å². The molecule has 0 unspecified atom stereocenters. The Morgan fingerprint density at radius 1 is 1.09 bits per heavy atom. The smallest absolute Gasteiger partial charge is 0.219 e. The standard InChI is InChI=1S/C35H48ClN3O3S2Si/c1-33(2,3)44(40,41)39-20-24(18-35(39)11-9-12-35)38-19-22-14-27(22)29-16-23(36)15-28(31(29)38)26-10-13-37-30-17-25(43-32(26)30)21-42-45(7,8)34(4,5)6/h10,13,15-17,22,24,27H,9,11-12,14,18-21H2,1-8H3/t22-,24+,27-/m1/s1. The summed E-state index contributed by atoms with van der Waals surface area (Å²) in [4.78, 5) is 8.56. The van der Waals surface area contributed by atoms with Crippen molar-refractivity contribution in [2.45, 2.75) is 121 Å². The summed E-state index contributed by atoms with van der Waals surface area (Å²) in [6, 6.07) is 8.78. The lowest BCUT2D eigenvalue weighted by molar-refractivity contribution is 0.125. The van der Waals surface area contributed by atoms with Crippen LogP contribution in [0.1, 0.15) is 90.0 Å². The van der Waals surface area contributed by atoms with Gasteiger partial charge >= 0.3 is 0 Å². The van der Waals surface area contributed by atoms with E-state index in [4.69, 9.17) is 21.0 Å². The molecule has 10 heteroatoms. The molecule has 2 aromatic heterocycles. The van der Waals surface area contributed by atoms with Gasteiger partial charge in [-0.15, -0.1) is 11.3 Å². The van der Waals surface area contributed by atoms with Crippen LogP contribution in [0.5, 0.6) is 0 Å². The van der Waals surface area contributed by atoms with Crippen LogP contribution in [0.25, 0.3) is 21.3 Å². The Bertz CT molecular complexity index is 1770. The molecule has 1 spiro atoms. The molecule has 1 aromatic carbocycles. The van der Waals surface area contributed by atoms with Gasteiger partial charge in [-0.3, -0.25) is 4.98 Å². The molecule has 0 amide bonds. The van der Waals surface area contributed by atoms with Crippen LogP contribution >= 0.6 is 22.9 Å². The number of thiophene rings is 1. The van der Waals surface area contributed by atoms with Gasteiger partial charge in [-0.25, -0.2) is 8.42 Å². The van der Waals surface area contributed by atoms with E-state index in [1.807, 2.05) is 31.3 Å². The molecule has 3 atom stereocenters. The highest BCUT2D eigenvalue weighted by molar-refractivity contribution is 7.90. The van der Waals surface area contributed by atoms with Gasteiger partial charge in [0, 0.05) is 57.6 Å². The van der Waals surface area contributed by atoms with Crippen molar-refractivity contribution in [2.24, 2.45) is 5.92 Å². The SMILES string of the molecule is CC(C)(C)[Si](C)(C)OCc1cc2nccc(-c3cc(Cl)cc4c3N([C@@H]3CN(S(=O)(=O)C(C)(C)C)C5(CCC5)C3)C[C@H]3C[C@@H]43)c2s1. The highest BCUT2D eigenvalue weighted by atomic mass is 35.5. The Morgan fingerprint density at radius 3 is 2.47 bits per heavy atom. The third-order valence-electron chi connectivity index (χ3n) is 11.6. The fourth-order valence-corrected chi connectivity index (χ4v) is 11.7. The maximum Gasteiger partial charge on any atom is 0.219 e. The van der Waals surface area contributed by atoms with Crippen molar-refractivity contribution < 1.29 is 12.8 Å². The Hall–Kier alpha value is -1.49. The van der Waals surface area contributed by atoms with Crippen molar-refractivity contribution >= 4 is 57.2 Å². The molecule has 4 aliphatic rings. The van der Waals surface area contributed by atoms with Crippen molar-refractivity contribution in [1.29, 1.82) is 0 Å². The van der Waals surface area contributed by atoms with Gasteiger partial charge in [0.2, 0.25) is 10.0 Å². The summed E-state index contributed by atoms with van der Waals surface area (Å²) < 4.78 is 36.7. The first-order valence-corrected chi connectivity index (χ1v) is 22.1. The molecule has 2 aliphatic carbocycles. The largest absolute Gasteiger partial charge is 0.412 e. The number of rotatable bonds is 6. The fraction of sp³-hybridized carbons (Fsp3) is 0.629. The number of nitrogens with zero attached hydrogens (tertiary/aromatic N) is 3. The van der Waals surface area contributed by atoms with E-state index in [1.54, 1.807) is 11.3 Å². The van der Waals surface area contributed by atoms with E-state index in [-0.39, 0.29) is 16.6 Å². The Labute approximate surface area is 279 Å². The number of hydrogen-bond acceptors (Lipinski definition) is 6. The fourth-order valence-electron chi connectivity index (χ4n) is 7.59. The summed E-state index contributed by atoms with van der Waals surface area (Å²) >= 11 is 8.67. The molecule has 0 N–H and O–H groups in total. The Balaban J connectivity index is 1.29. The van der Waals surface area contributed by atoms with E-state index in [0.29, 0.717) is 25.0 Å². The molecule has 244 valence electrons. The molecule has 6 nitrogen and oxygen atoms in total. The van der Waals surface area contributed by atoms with Crippen LogP contribution in [0.3, 0.4) is 0 Å². The molecule has 0 bridgehead atoms. The van der Waals surface area contributed by atoms with Gasteiger partial charge in [0.1, 0.15) is 0 Å². The first kappa shape index (κ1) is 32.1. The normalized spacial score (nSPS) is 25.0. The number of aromatic nitrogens is 1. The monoisotopic (exact) mass is 685 g/mol. The van der Waals surface area contributed by atoms with Crippen LogP contribution in [-0.2, 0) is 21.1 Å². The topological polar surface area (TPSA) is 62.7 Å². The predicted octanol–water partition coefficient (Wildman–Crippen LogP) is 9.19. The third kappa shape index (κ3) is 5.23. The predicted molar refractivity (Wildman–Crippen MR) is 191 cm³/mol. The van der Waals surface area contributed by atoms with Crippen LogP contribution in [0.2, 0.25) is 23.2 Å². The number of hydrogen-bond donors (Lipinski definition) is 0. The molecular formula is C35H48ClN3O3S2Si. The van der Waals surface area contributed by atoms with E-state index in [1.165, 1.54) is 22.5 Å². The van der Waals surface area contributed by atoms with Crippen molar-refractivity contribution in [3.05, 3.63) is 45.9 Å². The van der Waals surface area contributed by atoms with Crippen molar-refractivity contribution in [3.8, 4) is 11.1 Å². The number of fused-ring (bicyclic) bond motifs is 4. The van der Waals surface area contributed by atoms with Gasteiger partial charge in [-0.2, -0.15) is 4.31 Å². The van der Waals surface area contributed by atoms with Crippen molar-refractivity contribution in [1.82, 2.24) is 9.29 Å². The lowest BCUT2D eigenvalue weighted by atomic mass is 9.75. The van der Waals surface area contributed by atoms with E-state index < -0.39 is 23.1 Å². The zero-order valence-electron chi connectivity index (χ0n) is 28.0. The zero-order valence-corrected chi connectivity index (χ0v) is 31.4. The van der Waals surface area contributed by atoms with Crippen LogP contribution < -0.4 is 4.90 Å². The second-order valence-corrected chi connectivity index (χ2v) is 25.6. The highest BCUT2D eigenvalue weighted by Gasteiger charge is 2.59. The van der Waals surface area contributed by atoms with Crippen molar-refractivity contribution in [3.63, 3.8) is 0 Å². The summed E-state index contributed by atoms with van der Waals surface area (Å²) in [5, 5.41) is 0.912. The van der Waals surface area contributed by atoms with Gasteiger partial charge in [0.15, 0.2) is 8.32 Å². The molecule has 1 saturated heterocycles. The van der Waals surface area contributed by atoms with Crippen molar-refractivity contribution in [2.75, 3.05) is 18.0 Å². The molecule has 0 radical (unpaired) electrons. The maximum absolute atomic E-state index is 13.9. The quantitative estimate of drug-likeness (QED) is 0.242. The summed E-state index contributed by atoms with van der Waals surface area (Å²) in [5.74, 6) is 1.13. The van der Waals surface area contributed by atoms with Crippen LogP contribution in [0, 0.1) is 5.92 Å². The number of benzene rings is 1. The lowest BCUT2D eigenvalue weighted by Crippen LogP contribution is -2.56. The van der Waals surface area contributed by atoms with Crippen LogP contribution in [-0.4, -0.2) is 55.4 Å². The van der Waals surface area contributed by atoms with E-state index in [0.717, 1.165) is 58.6 Å². The molecule has 2 saturated carbocycles. The molecule has 7 rings (SSSR count). The maximum atomic E-state index is 13.9. The average Bonchev–Trinajstić information content (AvgIpc) is 3.39. The molecule has 4 heterocycles. The van der Waals surface area contributed by atoms with Crippen LogP contribution in [0.15, 0.2) is 30.5 Å². The number of sulfonamides is 1. The summed E-state index contributed by atoms with van der Waals surface area (Å²) in [7, 11) is -5.34. The van der Waals surface area contributed by atoms with Gasteiger partial charge in [0.25, 0.3) is 0 Å². The number of halogens is 1. The number of pyridine rings is 1. The Morgan fingerprint density at radius 2 is 1.82 bits per heavy atom. The van der Waals surface area contributed by atoms with Gasteiger partial charge in [-0.1, -0.05) is 32.4 Å². The molecule has 45 heavy (non-hydrogen) atoms. The lowest BCUT2D eigenvalue weighted by Gasteiger charge is -2.46. The molecule has 3 aromatic rings. The van der Waals surface area contributed by atoms with Crippen LogP contribution in [0.4, 0.5) is 5.69 Å². The minimum Gasteiger partial charge on any atom is -0.412 e. The minimum atomic E-state index is -3.45. The molecule has 3 fully saturated rings. The highest BCUT2D eigenvalue weighted by Crippen LogP contribution is 2.60. The van der Waals surface area contributed by atoms with E-state index in [9.17, 15) is 8.42 Å². The Kier molecular flexibility index (Phi) is 7.48. The average molecular weight is 686 g/mol. The minimum absolute atomic E-state index is 0.136. The molecule has 2 aliphatic heterocycles. The summed E-state index contributed by atoms with van der Waals surface area (Å²) in [5.41, 5.74) is 5.63. The zero-order chi connectivity index (χ0) is 32.3.